The quantitative estimate of drug-likeness (QED) is 0.530. The van der Waals surface area contributed by atoms with E-state index >= 15 is 0 Å². The molecule has 0 aliphatic heterocycles. The van der Waals surface area contributed by atoms with Crippen molar-refractivity contribution in [2.75, 3.05) is 13.1 Å². The Morgan fingerprint density at radius 3 is 2.47 bits per heavy atom. The molecule has 0 atom stereocenters. The summed E-state index contributed by atoms with van der Waals surface area (Å²) in [5.41, 5.74) is 0. The van der Waals surface area contributed by atoms with Crippen LogP contribution >= 0.6 is 0 Å². The minimum absolute atomic E-state index is 0.329. The lowest BCUT2D eigenvalue weighted by Crippen LogP contribution is -2.42. The van der Waals surface area contributed by atoms with Gasteiger partial charge < -0.3 is 10.0 Å². The Balaban J connectivity index is 4.33. The number of carbonyl (C=O) groups is 3. The van der Waals surface area contributed by atoms with Crippen LogP contribution in [0.3, 0.4) is 0 Å². The zero-order chi connectivity index (χ0) is 13.3. The maximum atomic E-state index is 11.5. The molecule has 0 fully saturated rings. The highest BCUT2D eigenvalue weighted by Gasteiger charge is 2.12. The molecule has 0 aliphatic rings. The first-order valence-electron chi connectivity index (χ1n) is 5.13. The molecule has 0 unspecified atom stereocenters. The first-order chi connectivity index (χ1) is 8.01. The molecule has 0 saturated carbocycles. The average molecular weight is 240 g/mol. The van der Waals surface area contributed by atoms with E-state index in [2.05, 4.69) is 11.9 Å². The van der Waals surface area contributed by atoms with E-state index < -0.39 is 17.9 Å². The van der Waals surface area contributed by atoms with Gasteiger partial charge in [-0.2, -0.15) is 0 Å². The molecule has 94 valence electrons. The fraction of sp³-hybridized carbons (Fsp3) is 0.364. The number of amides is 3. The van der Waals surface area contributed by atoms with E-state index in [1.165, 1.54) is 4.90 Å². The maximum absolute atomic E-state index is 11.5. The van der Waals surface area contributed by atoms with Gasteiger partial charge in [0.15, 0.2) is 0 Å². The molecule has 0 aromatic rings. The zero-order valence-electron chi connectivity index (χ0n) is 9.68. The summed E-state index contributed by atoms with van der Waals surface area (Å²) in [4.78, 5) is 34.2. The minimum Gasteiger partial charge on any atom is -0.478 e. The zero-order valence-corrected chi connectivity index (χ0v) is 9.68. The van der Waals surface area contributed by atoms with E-state index in [1.807, 2.05) is 6.92 Å². The Bertz CT molecular complexity index is 336. The molecule has 0 bridgehead atoms. The highest BCUT2D eigenvalue weighted by molar-refractivity contribution is 6.02. The number of imide groups is 1. The number of carbonyl (C=O) groups excluding carboxylic acids is 2. The summed E-state index contributed by atoms with van der Waals surface area (Å²) in [6, 6.07) is -0.563. The number of rotatable bonds is 6. The SMILES string of the molecule is C=CCN(CCC)C(=O)NC(=O)/C=C/C(=O)O. The Morgan fingerprint density at radius 2 is 2.00 bits per heavy atom. The Hall–Kier alpha value is -2.11. The summed E-state index contributed by atoms with van der Waals surface area (Å²) >= 11 is 0. The van der Waals surface area contributed by atoms with Gasteiger partial charge >= 0.3 is 12.0 Å². The van der Waals surface area contributed by atoms with Gasteiger partial charge in [0.1, 0.15) is 0 Å². The van der Waals surface area contributed by atoms with Crippen LogP contribution in [0.5, 0.6) is 0 Å². The van der Waals surface area contributed by atoms with Gasteiger partial charge in [0.25, 0.3) is 5.91 Å². The molecule has 0 aromatic heterocycles. The Labute approximate surface area is 99.6 Å². The molecule has 0 rings (SSSR count). The molecule has 2 N–H and O–H groups in total. The van der Waals surface area contributed by atoms with Crippen LogP contribution in [0, 0.1) is 0 Å². The topological polar surface area (TPSA) is 86.7 Å². The van der Waals surface area contributed by atoms with Gasteiger partial charge in [-0.1, -0.05) is 13.0 Å². The summed E-state index contributed by atoms with van der Waals surface area (Å²) in [5.74, 6) is -2.01. The fourth-order valence-corrected chi connectivity index (χ4v) is 1.07. The molecule has 17 heavy (non-hydrogen) atoms. The Morgan fingerprint density at radius 1 is 1.35 bits per heavy atom. The van der Waals surface area contributed by atoms with Crippen molar-refractivity contribution < 1.29 is 19.5 Å². The number of aliphatic carboxylic acids is 1. The van der Waals surface area contributed by atoms with Crippen molar-refractivity contribution in [1.29, 1.82) is 0 Å². The molecule has 0 spiro atoms. The standard InChI is InChI=1S/C11H16N2O4/c1-3-7-13(8-4-2)11(17)12-9(14)5-6-10(15)16/h3,5-6H,1,4,7-8H2,2H3,(H,15,16)(H,12,14,17)/b6-5+. The highest BCUT2D eigenvalue weighted by Crippen LogP contribution is 1.93. The third-order valence-electron chi connectivity index (χ3n) is 1.74. The summed E-state index contributed by atoms with van der Waals surface area (Å²) in [6.07, 6.45) is 3.76. The highest BCUT2D eigenvalue weighted by atomic mass is 16.4. The maximum Gasteiger partial charge on any atom is 0.328 e. The lowest BCUT2D eigenvalue weighted by Gasteiger charge is -2.19. The van der Waals surface area contributed by atoms with Gasteiger partial charge in [-0.3, -0.25) is 10.1 Å². The van der Waals surface area contributed by atoms with Crippen LogP contribution in [0.1, 0.15) is 13.3 Å². The number of nitrogens with one attached hydrogen (secondary N) is 1. The number of nitrogens with zero attached hydrogens (tertiary/aromatic N) is 1. The van der Waals surface area contributed by atoms with Crippen molar-refractivity contribution >= 4 is 17.9 Å². The van der Waals surface area contributed by atoms with Crippen LogP contribution < -0.4 is 5.32 Å². The monoisotopic (exact) mass is 240 g/mol. The number of hydrogen-bond acceptors (Lipinski definition) is 3. The molecule has 6 nitrogen and oxygen atoms in total. The van der Waals surface area contributed by atoms with Crippen molar-refractivity contribution in [3.8, 4) is 0 Å². The van der Waals surface area contributed by atoms with Crippen LogP contribution in [0.2, 0.25) is 0 Å². The number of carboxylic acids is 1. The molecule has 6 heteroatoms. The molecular formula is C11H16N2O4. The second kappa shape index (κ2) is 8.09. The fourth-order valence-electron chi connectivity index (χ4n) is 1.07. The summed E-state index contributed by atoms with van der Waals surface area (Å²) < 4.78 is 0. The summed E-state index contributed by atoms with van der Waals surface area (Å²) in [5, 5.41) is 10.4. The van der Waals surface area contributed by atoms with Gasteiger partial charge in [0.2, 0.25) is 0 Å². The lowest BCUT2D eigenvalue weighted by atomic mass is 10.4. The molecular weight excluding hydrogens is 224 g/mol. The van der Waals surface area contributed by atoms with E-state index in [0.29, 0.717) is 19.2 Å². The van der Waals surface area contributed by atoms with Crippen LogP contribution in [0.15, 0.2) is 24.8 Å². The van der Waals surface area contributed by atoms with Crippen LogP contribution in [-0.4, -0.2) is 41.0 Å². The van der Waals surface area contributed by atoms with E-state index in [0.717, 1.165) is 12.5 Å². The van der Waals surface area contributed by atoms with Crippen molar-refractivity contribution in [3.63, 3.8) is 0 Å². The van der Waals surface area contributed by atoms with Crippen molar-refractivity contribution in [1.82, 2.24) is 10.2 Å². The van der Waals surface area contributed by atoms with Gasteiger partial charge in [-0.25, -0.2) is 9.59 Å². The van der Waals surface area contributed by atoms with Crippen LogP contribution in [-0.2, 0) is 9.59 Å². The number of hydrogen-bond donors (Lipinski definition) is 2. The number of carboxylic acid groups (broad SMARTS) is 1. The van der Waals surface area contributed by atoms with Crippen molar-refractivity contribution in [2.45, 2.75) is 13.3 Å². The van der Waals surface area contributed by atoms with Crippen molar-refractivity contribution in [3.05, 3.63) is 24.8 Å². The average Bonchev–Trinajstić information content (AvgIpc) is 2.26. The third kappa shape index (κ3) is 6.88. The smallest absolute Gasteiger partial charge is 0.328 e. The van der Waals surface area contributed by atoms with Crippen LogP contribution in [0.25, 0.3) is 0 Å². The molecule has 0 saturated heterocycles. The normalized spacial score (nSPS) is 9.94. The molecule has 0 aromatic carbocycles. The number of urea groups is 1. The van der Waals surface area contributed by atoms with Gasteiger partial charge in [0, 0.05) is 25.2 Å². The molecule has 0 heterocycles. The van der Waals surface area contributed by atoms with E-state index in [-0.39, 0.29) is 0 Å². The summed E-state index contributed by atoms with van der Waals surface area (Å²) in [6.45, 7) is 6.23. The summed E-state index contributed by atoms with van der Waals surface area (Å²) in [7, 11) is 0. The predicted molar refractivity (Wildman–Crippen MR) is 62.4 cm³/mol. The molecule has 0 radical (unpaired) electrons. The first-order valence-corrected chi connectivity index (χ1v) is 5.13. The lowest BCUT2D eigenvalue weighted by molar-refractivity contribution is -0.131. The predicted octanol–water partition coefficient (Wildman–Crippen LogP) is 0.761. The van der Waals surface area contributed by atoms with E-state index in [9.17, 15) is 14.4 Å². The second-order valence-corrected chi connectivity index (χ2v) is 3.20. The first kappa shape index (κ1) is 14.9. The van der Waals surface area contributed by atoms with Gasteiger partial charge in [-0.05, 0) is 6.42 Å². The second-order valence-electron chi connectivity index (χ2n) is 3.20. The third-order valence-corrected chi connectivity index (χ3v) is 1.74. The molecule has 0 aliphatic carbocycles. The van der Waals surface area contributed by atoms with E-state index in [1.54, 1.807) is 6.08 Å². The van der Waals surface area contributed by atoms with Crippen molar-refractivity contribution in [2.24, 2.45) is 0 Å². The van der Waals surface area contributed by atoms with Crippen LogP contribution in [0.4, 0.5) is 4.79 Å². The van der Waals surface area contributed by atoms with E-state index in [4.69, 9.17) is 5.11 Å². The van der Waals surface area contributed by atoms with Gasteiger partial charge in [0.05, 0.1) is 0 Å². The molecule has 3 amide bonds. The minimum atomic E-state index is -1.25. The van der Waals surface area contributed by atoms with Gasteiger partial charge in [-0.15, -0.1) is 6.58 Å². The largest absolute Gasteiger partial charge is 0.478 e. The Kier molecular flexibility index (Phi) is 7.09.